The smallest absolute Gasteiger partial charge is 0.307 e. The molecular weight excluding hydrogens is 326 g/mol. The van der Waals surface area contributed by atoms with Gasteiger partial charge >= 0.3 is 5.69 Å². The summed E-state index contributed by atoms with van der Waals surface area (Å²) in [6.07, 6.45) is 11.2. The number of aryl methyl sites for hydroxylation is 2. The maximum Gasteiger partial charge on any atom is 0.345 e. The van der Waals surface area contributed by atoms with Gasteiger partial charge in [-0.3, -0.25) is 9.55 Å². The molecule has 3 atom stereocenters. The van der Waals surface area contributed by atoms with Gasteiger partial charge in [0.15, 0.2) is 0 Å². The molecule has 2 aromatic heterocycles. The molecule has 1 N–H and O–H groups in total. The number of hydrogen-bond donors (Lipinski definition) is 1. The van der Waals surface area contributed by atoms with Crippen LogP contribution in [0.1, 0.15) is 61.6 Å². The highest BCUT2D eigenvalue weighted by Crippen LogP contribution is 2.33. The molecule has 2 heterocycles. The third-order valence-electron chi connectivity index (χ3n) is 6.19. The summed E-state index contributed by atoms with van der Waals surface area (Å²) in [5, 5.41) is 8.41. The van der Waals surface area contributed by atoms with E-state index < -0.39 is 0 Å². The van der Waals surface area contributed by atoms with Gasteiger partial charge in [0, 0.05) is 44.5 Å². The number of aromatic nitrogens is 4. The van der Waals surface area contributed by atoms with E-state index in [1.54, 1.807) is 11.6 Å². The number of hydrogen-bond acceptors (Lipinski definition) is 4. The Morgan fingerprint density at radius 2 is 2.04 bits per heavy atom. The van der Waals surface area contributed by atoms with Crippen LogP contribution in [-0.4, -0.2) is 25.4 Å². The van der Waals surface area contributed by atoms with Gasteiger partial charge in [0.25, 0.3) is 0 Å². The Balaban J connectivity index is 1.51. The summed E-state index contributed by atoms with van der Waals surface area (Å²) in [6, 6.07) is 5.18. The normalized spacial score (nSPS) is 25.8. The number of fused-ring (bicyclic) bond motifs is 1. The van der Waals surface area contributed by atoms with E-state index in [1.807, 2.05) is 13.2 Å². The van der Waals surface area contributed by atoms with Crippen LogP contribution in [0.15, 0.2) is 23.1 Å². The summed E-state index contributed by atoms with van der Waals surface area (Å²) in [4.78, 5) is 16.6. The summed E-state index contributed by atoms with van der Waals surface area (Å²) in [5.74, 6) is 1.44. The van der Waals surface area contributed by atoms with Gasteiger partial charge in [0.05, 0.1) is 0 Å². The van der Waals surface area contributed by atoms with Crippen molar-refractivity contribution in [3.63, 3.8) is 0 Å². The fraction of sp³-hybridized carbons (Fsp3) is 0.650. The van der Waals surface area contributed by atoms with Gasteiger partial charge in [0.2, 0.25) is 0 Å². The Hall–Kier alpha value is -1.95. The molecule has 0 bridgehead atoms. The molecule has 2 aliphatic carbocycles. The monoisotopic (exact) mass is 355 g/mol. The van der Waals surface area contributed by atoms with Crippen molar-refractivity contribution in [2.24, 2.45) is 20.0 Å². The molecular formula is C20H29N5O. The van der Waals surface area contributed by atoms with Crippen LogP contribution in [0.25, 0.3) is 0 Å². The van der Waals surface area contributed by atoms with Crippen molar-refractivity contribution in [2.75, 3.05) is 0 Å². The molecule has 0 spiro atoms. The molecule has 0 aliphatic heterocycles. The van der Waals surface area contributed by atoms with Gasteiger partial charge < -0.3 is 5.32 Å². The van der Waals surface area contributed by atoms with E-state index in [4.69, 9.17) is 0 Å². The van der Waals surface area contributed by atoms with Crippen LogP contribution in [0.2, 0.25) is 0 Å². The zero-order valence-corrected chi connectivity index (χ0v) is 15.8. The van der Waals surface area contributed by atoms with E-state index in [0.29, 0.717) is 18.0 Å². The Morgan fingerprint density at radius 1 is 1.19 bits per heavy atom. The maximum atomic E-state index is 12.0. The number of rotatable bonds is 4. The lowest BCUT2D eigenvalue weighted by Crippen LogP contribution is -2.42. The first kappa shape index (κ1) is 17.5. The summed E-state index contributed by atoms with van der Waals surface area (Å²) in [7, 11) is 3.56. The molecule has 2 aromatic rings. The summed E-state index contributed by atoms with van der Waals surface area (Å²) in [5.41, 5.74) is 2.61. The standard InChI is InChI=1S/C20H29N5O/c1-24-19(23-25(2)20(24)26)13-14-7-3-4-9-16(14)22-18-11-5-10-17-15(18)8-6-12-21-17/h6,8,12,14,16,18,22H,3-5,7,9-11,13H2,1-2H3/t14-,16-,18?/m1/s1. The van der Waals surface area contributed by atoms with Gasteiger partial charge in [-0.25, -0.2) is 9.48 Å². The first-order valence-corrected chi connectivity index (χ1v) is 9.92. The Labute approximate surface area is 154 Å². The molecule has 6 heteroatoms. The van der Waals surface area contributed by atoms with E-state index in [9.17, 15) is 4.79 Å². The molecule has 0 radical (unpaired) electrons. The van der Waals surface area contributed by atoms with E-state index in [2.05, 4.69) is 27.5 Å². The second kappa shape index (κ2) is 7.35. The highest BCUT2D eigenvalue weighted by atomic mass is 16.2. The molecule has 1 fully saturated rings. The fourth-order valence-electron chi connectivity index (χ4n) is 4.73. The van der Waals surface area contributed by atoms with Crippen LogP contribution >= 0.6 is 0 Å². The van der Waals surface area contributed by atoms with Gasteiger partial charge in [-0.1, -0.05) is 18.9 Å². The van der Waals surface area contributed by atoms with E-state index in [0.717, 1.165) is 18.7 Å². The van der Waals surface area contributed by atoms with E-state index in [1.165, 1.54) is 54.5 Å². The van der Waals surface area contributed by atoms with E-state index in [-0.39, 0.29) is 5.69 Å². The average Bonchev–Trinajstić information content (AvgIpc) is 2.90. The van der Waals surface area contributed by atoms with E-state index >= 15 is 0 Å². The van der Waals surface area contributed by atoms with Crippen LogP contribution in [0, 0.1) is 5.92 Å². The van der Waals surface area contributed by atoms with Crippen LogP contribution in [0.5, 0.6) is 0 Å². The quantitative estimate of drug-likeness (QED) is 0.914. The zero-order chi connectivity index (χ0) is 18.1. The Morgan fingerprint density at radius 3 is 2.85 bits per heavy atom. The highest BCUT2D eigenvalue weighted by molar-refractivity contribution is 5.26. The third-order valence-corrected chi connectivity index (χ3v) is 6.19. The molecule has 4 rings (SSSR count). The maximum absolute atomic E-state index is 12.0. The van der Waals surface area contributed by atoms with Crippen molar-refractivity contribution < 1.29 is 0 Å². The Kier molecular flexibility index (Phi) is 4.94. The van der Waals surface area contributed by atoms with Gasteiger partial charge in [-0.2, -0.15) is 5.10 Å². The molecule has 1 saturated carbocycles. The van der Waals surface area contributed by atoms with Gasteiger partial charge in [0.1, 0.15) is 5.82 Å². The van der Waals surface area contributed by atoms with Crippen molar-refractivity contribution in [2.45, 2.75) is 63.5 Å². The summed E-state index contributed by atoms with van der Waals surface area (Å²) >= 11 is 0. The minimum absolute atomic E-state index is 0.0346. The lowest BCUT2D eigenvalue weighted by atomic mass is 9.80. The SMILES string of the molecule is Cn1nc(C[C@H]2CCCC[C@H]2NC2CCCc3ncccc32)n(C)c1=O. The average molecular weight is 355 g/mol. The predicted molar refractivity (Wildman–Crippen MR) is 101 cm³/mol. The van der Waals surface area contributed by atoms with Crippen molar-refractivity contribution in [3.05, 3.63) is 45.9 Å². The molecule has 6 nitrogen and oxygen atoms in total. The number of nitrogens with zero attached hydrogens (tertiary/aromatic N) is 4. The third kappa shape index (κ3) is 3.34. The van der Waals surface area contributed by atoms with Crippen LogP contribution in [-0.2, 0) is 26.9 Å². The lowest BCUT2D eigenvalue weighted by molar-refractivity contribution is 0.229. The second-order valence-corrected chi connectivity index (χ2v) is 7.89. The summed E-state index contributed by atoms with van der Waals surface area (Å²) in [6.45, 7) is 0. The first-order valence-electron chi connectivity index (χ1n) is 9.92. The van der Waals surface area contributed by atoms with Crippen LogP contribution in [0.3, 0.4) is 0 Å². The Bertz CT molecular complexity index is 824. The first-order chi connectivity index (χ1) is 12.6. The van der Waals surface area contributed by atoms with Crippen LogP contribution < -0.4 is 11.0 Å². The zero-order valence-electron chi connectivity index (χ0n) is 15.8. The second-order valence-electron chi connectivity index (χ2n) is 7.89. The highest BCUT2D eigenvalue weighted by Gasteiger charge is 2.30. The minimum atomic E-state index is -0.0346. The minimum Gasteiger partial charge on any atom is -0.307 e. The summed E-state index contributed by atoms with van der Waals surface area (Å²) < 4.78 is 3.15. The predicted octanol–water partition coefficient (Wildman–Crippen LogP) is 2.28. The van der Waals surface area contributed by atoms with Crippen molar-refractivity contribution in [1.82, 2.24) is 24.6 Å². The molecule has 140 valence electrons. The van der Waals surface area contributed by atoms with Gasteiger partial charge in [-0.05, 0) is 49.7 Å². The molecule has 0 amide bonds. The molecule has 2 aliphatic rings. The fourth-order valence-corrected chi connectivity index (χ4v) is 4.73. The number of nitrogens with one attached hydrogen (secondary N) is 1. The van der Waals surface area contributed by atoms with Crippen molar-refractivity contribution in [1.29, 1.82) is 0 Å². The van der Waals surface area contributed by atoms with Crippen LogP contribution in [0.4, 0.5) is 0 Å². The lowest BCUT2D eigenvalue weighted by Gasteiger charge is -2.37. The largest absolute Gasteiger partial charge is 0.345 e. The topological polar surface area (TPSA) is 64.7 Å². The molecule has 0 saturated heterocycles. The van der Waals surface area contributed by atoms with Crippen molar-refractivity contribution >= 4 is 0 Å². The molecule has 26 heavy (non-hydrogen) atoms. The van der Waals surface area contributed by atoms with Crippen molar-refractivity contribution in [3.8, 4) is 0 Å². The number of pyridine rings is 1. The van der Waals surface area contributed by atoms with Gasteiger partial charge in [-0.15, -0.1) is 0 Å². The molecule has 1 unspecified atom stereocenters. The molecule has 0 aromatic carbocycles.